The lowest BCUT2D eigenvalue weighted by atomic mass is 10.1. The topological polar surface area (TPSA) is 67.3 Å². The van der Waals surface area contributed by atoms with Gasteiger partial charge in [0.25, 0.3) is 0 Å². The lowest BCUT2D eigenvalue weighted by Crippen LogP contribution is -2.03. The van der Waals surface area contributed by atoms with E-state index >= 15 is 0 Å². The maximum atomic E-state index is 11.7. The van der Waals surface area contributed by atoms with Crippen LogP contribution in [0.5, 0.6) is 0 Å². The van der Waals surface area contributed by atoms with Gasteiger partial charge in [-0.15, -0.1) is 11.3 Å². The average molecular weight is 249 g/mol. The van der Waals surface area contributed by atoms with E-state index in [4.69, 9.17) is 5.11 Å². The van der Waals surface area contributed by atoms with Crippen molar-refractivity contribution in [3.05, 3.63) is 28.8 Å². The molecule has 1 aromatic carbocycles. The molecule has 0 aliphatic rings. The fourth-order valence-electron chi connectivity index (χ4n) is 1.58. The molecular formula is C12H11NO3S. The molecule has 2 rings (SSSR count). The van der Waals surface area contributed by atoms with E-state index in [1.807, 2.05) is 13.0 Å². The largest absolute Gasteiger partial charge is 0.481 e. The molecule has 0 aliphatic carbocycles. The zero-order chi connectivity index (χ0) is 12.4. The second-order valence-electron chi connectivity index (χ2n) is 3.73. The molecule has 1 heterocycles. The summed E-state index contributed by atoms with van der Waals surface area (Å²) in [7, 11) is 0. The summed E-state index contributed by atoms with van der Waals surface area (Å²) in [6.45, 7) is 1.91. The van der Waals surface area contributed by atoms with E-state index < -0.39 is 5.97 Å². The molecule has 17 heavy (non-hydrogen) atoms. The molecule has 0 fully saturated rings. The highest BCUT2D eigenvalue weighted by atomic mass is 32.1. The van der Waals surface area contributed by atoms with E-state index in [1.165, 1.54) is 0 Å². The number of carboxylic acids is 1. The van der Waals surface area contributed by atoms with Crippen molar-refractivity contribution in [2.75, 3.05) is 0 Å². The Morgan fingerprint density at radius 3 is 2.82 bits per heavy atom. The minimum atomic E-state index is -0.955. The normalized spacial score (nSPS) is 10.6. The van der Waals surface area contributed by atoms with Crippen molar-refractivity contribution in [1.29, 1.82) is 0 Å². The molecule has 1 N–H and O–H groups in total. The first-order valence-electron chi connectivity index (χ1n) is 5.18. The fourth-order valence-corrected chi connectivity index (χ4v) is 2.39. The summed E-state index contributed by atoms with van der Waals surface area (Å²) in [5, 5.41) is 9.48. The van der Waals surface area contributed by atoms with Crippen molar-refractivity contribution in [2.24, 2.45) is 0 Å². The summed E-state index contributed by atoms with van der Waals surface area (Å²) in [5.41, 5.74) is 1.33. The Kier molecular flexibility index (Phi) is 3.19. The molecule has 2 aromatic rings. The van der Waals surface area contributed by atoms with Crippen LogP contribution < -0.4 is 0 Å². The van der Waals surface area contributed by atoms with Crippen molar-refractivity contribution >= 4 is 33.3 Å². The Balaban J connectivity index is 2.23. The smallest absolute Gasteiger partial charge is 0.303 e. The zero-order valence-electron chi connectivity index (χ0n) is 9.27. The Hall–Kier alpha value is -1.75. The van der Waals surface area contributed by atoms with Crippen LogP contribution >= 0.6 is 11.3 Å². The van der Waals surface area contributed by atoms with E-state index in [9.17, 15) is 9.59 Å². The molecule has 0 saturated carbocycles. The number of hydrogen-bond donors (Lipinski definition) is 1. The van der Waals surface area contributed by atoms with Crippen LogP contribution in [-0.2, 0) is 4.79 Å². The summed E-state index contributed by atoms with van der Waals surface area (Å²) in [6, 6.07) is 5.31. The van der Waals surface area contributed by atoms with Gasteiger partial charge in [-0.1, -0.05) is 0 Å². The Labute approximate surface area is 102 Å². The number of carboxylic acid groups (broad SMARTS) is 1. The Morgan fingerprint density at radius 2 is 2.12 bits per heavy atom. The number of hydrogen-bond acceptors (Lipinski definition) is 4. The van der Waals surface area contributed by atoms with Crippen molar-refractivity contribution in [3.63, 3.8) is 0 Å². The first kappa shape index (κ1) is 11.7. The number of rotatable bonds is 4. The van der Waals surface area contributed by atoms with Crippen LogP contribution in [0.4, 0.5) is 0 Å². The second-order valence-corrected chi connectivity index (χ2v) is 4.97. The van der Waals surface area contributed by atoms with Gasteiger partial charge in [0.1, 0.15) is 0 Å². The average Bonchev–Trinajstić information content (AvgIpc) is 2.64. The second kappa shape index (κ2) is 4.63. The molecule has 1 aromatic heterocycles. The van der Waals surface area contributed by atoms with E-state index in [0.717, 1.165) is 15.2 Å². The molecule has 0 atom stereocenters. The highest BCUT2D eigenvalue weighted by molar-refractivity contribution is 7.18. The number of thiazole rings is 1. The molecule has 88 valence electrons. The Morgan fingerprint density at radius 1 is 1.35 bits per heavy atom. The first-order chi connectivity index (χ1) is 8.06. The number of fused-ring (bicyclic) bond motifs is 1. The van der Waals surface area contributed by atoms with Crippen LogP contribution in [0.3, 0.4) is 0 Å². The number of aryl methyl sites for hydroxylation is 1. The van der Waals surface area contributed by atoms with Crippen molar-refractivity contribution < 1.29 is 14.7 Å². The summed E-state index contributed by atoms with van der Waals surface area (Å²) in [5.74, 6) is -1.11. The van der Waals surface area contributed by atoms with E-state index in [-0.39, 0.29) is 18.6 Å². The molecule has 0 amide bonds. The number of carbonyl (C=O) groups is 2. The number of benzene rings is 1. The third-order valence-corrected chi connectivity index (χ3v) is 3.33. The predicted octanol–water partition coefficient (Wildman–Crippen LogP) is 2.65. The molecule has 0 unspecified atom stereocenters. The van der Waals surface area contributed by atoms with Gasteiger partial charge in [0, 0.05) is 12.0 Å². The summed E-state index contributed by atoms with van der Waals surface area (Å²) in [6.07, 6.45) is -0.100. The third-order valence-electron chi connectivity index (χ3n) is 2.38. The molecule has 0 saturated heterocycles. The molecule has 0 spiro atoms. The SMILES string of the molecule is Cc1nc2cc(C(=O)CCC(=O)O)ccc2s1. The van der Waals surface area contributed by atoms with Gasteiger partial charge in [0.2, 0.25) is 0 Å². The van der Waals surface area contributed by atoms with Gasteiger partial charge in [-0.05, 0) is 25.1 Å². The molecule has 0 radical (unpaired) electrons. The number of nitrogens with zero attached hydrogens (tertiary/aromatic N) is 1. The highest BCUT2D eigenvalue weighted by Gasteiger charge is 2.10. The summed E-state index contributed by atoms with van der Waals surface area (Å²) in [4.78, 5) is 26.4. The van der Waals surface area contributed by atoms with E-state index in [0.29, 0.717) is 5.56 Å². The fraction of sp³-hybridized carbons (Fsp3) is 0.250. The number of aliphatic carboxylic acids is 1. The van der Waals surface area contributed by atoms with E-state index in [1.54, 1.807) is 23.5 Å². The minimum Gasteiger partial charge on any atom is -0.481 e. The predicted molar refractivity (Wildman–Crippen MR) is 65.6 cm³/mol. The lowest BCUT2D eigenvalue weighted by molar-refractivity contribution is -0.136. The van der Waals surface area contributed by atoms with Gasteiger partial charge in [0.15, 0.2) is 5.78 Å². The molecule has 5 heteroatoms. The number of carbonyl (C=O) groups excluding carboxylic acids is 1. The standard InChI is InChI=1S/C12H11NO3S/c1-7-13-9-6-8(2-4-11(9)17-7)10(14)3-5-12(15)16/h2,4,6H,3,5H2,1H3,(H,15,16). The van der Waals surface area contributed by atoms with Gasteiger partial charge in [-0.3, -0.25) is 9.59 Å². The molecular weight excluding hydrogens is 238 g/mol. The molecule has 0 bridgehead atoms. The highest BCUT2D eigenvalue weighted by Crippen LogP contribution is 2.23. The van der Waals surface area contributed by atoms with Crippen molar-refractivity contribution in [3.8, 4) is 0 Å². The minimum absolute atomic E-state index is 0.0317. The van der Waals surface area contributed by atoms with Gasteiger partial charge >= 0.3 is 5.97 Å². The van der Waals surface area contributed by atoms with Crippen LogP contribution in [0.1, 0.15) is 28.2 Å². The lowest BCUT2D eigenvalue weighted by Gasteiger charge is -1.98. The van der Waals surface area contributed by atoms with Gasteiger partial charge in [-0.2, -0.15) is 0 Å². The van der Waals surface area contributed by atoms with Gasteiger partial charge in [0.05, 0.1) is 21.6 Å². The molecule has 0 aliphatic heterocycles. The van der Waals surface area contributed by atoms with Crippen LogP contribution in [0.2, 0.25) is 0 Å². The quantitative estimate of drug-likeness (QED) is 0.846. The maximum Gasteiger partial charge on any atom is 0.303 e. The van der Waals surface area contributed by atoms with E-state index in [2.05, 4.69) is 4.98 Å². The summed E-state index contributed by atoms with van der Waals surface area (Å²) < 4.78 is 1.04. The van der Waals surface area contributed by atoms with Crippen LogP contribution in [-0.4, -0.2) is 21.8 Å². The Bertz CT molecular complexity index is 588. The molecule has 4 nitrogen and oxygen atoms in total. The van der Waals surface area contributed by atoms with Crippen LogP contribution in [0.25, 0.3) is 10.2 Å². The number of ketones is 1. The number of aromatic nitrogens is 1. The van der Waals surface area contributed by atoms with Crippen LogP contribution in [0.15, 0.2) is 18.2 Å². The zero-order valence-corrected chi connectivity index (χ0v) is 10.1. The van der Waals surface area contributed by atoms with Gasteiger partial charge in [-0.25, -0.2) is 4.98 Å². The number of Topliss-reactive ketones (excluding diaryl/α,β-unsaturated/α-hetero) is 1. The van der Waals surface area contributed by atoms with Crippen molar-refractivity contribution in [2.45, 2.75) is 19.8 Å². The summed E-state index contributed by atoms with van der Waals surface area (Å²) >= 11 is 1.57. The van der Waals surface area contributed by atoms with Crippen molar-refractivity contribution in [1.82, 2.24) is 4.98 Å². The maximum absolute atomic E-state index is 11.7. The third kappa shape index (κ3) is 2.68. The van der Waals surface area contributed by atoms with Crippen LogP contribution in [0, 0.1) is 6.92 Å². The first-order valence-corrected chi connectivity index (χ1v) is 6.00. The van der Waals surface area contributed by atoms with Gasteiger partial charge < -0.3 is 5.11 Å². The monoisotopic (exact) mass is 249 g/mol.